The van der Waals surface area contributed by atoms with Crippen molar-refractivity contribution in [3.8, 4) is 46.0 Å². The lowest BCUT2D eigenvalue weighted by Crippen LogP contribution is -2.35. The molecule has 8 aromatic rings. The molecule has 0 aliphatic rings. The van der Waals surface area contributed by atoms with Crippen molar-refractivity contribution in [3.05, 3.63) is 216 Å². The Morgan fingerprint density at radius 3 is 0.695 bits per heavy atom. The minimum absolute atomic E-state index is 0.121. The third kappa shape index (κ3) is 8.62. The van der Waals surface area contributed by atoms with E-state index in [2.05, 4.69) is 55.5 Å². The smallest absolute Gasteiger partial charge is 0.127 e. The molecular formula is C51H44N4O4. The van der Waals surface area contributed by atoms with Crippen LogP contribution in [0.5, 0.6) is 46.0 Å². The maximum Gasteiger partial charge on any atom is 0.127 e. The number of benzene rings is 8. The van der Waals surface area contributed by atoms with Crippen LogP contribution in [0.4, 0.5) is 22.7 Å². The fourth-order valence-electron chi connectivity index (χ4n) is 7.37. The lowest BCUT2D eigenvalue weighted by molar-refractivity contribution is 0.472. The first-order valence-corrected chi connectivity index (χ1v) is 19.3. The topological polar surface area (TPSA) is 141 Å². The van der Waals surface area contributed by atoms with Crippen LogP contribution in [-0.2, 0) is 5.41 Å². The molecular weight excluding hydrogens is 733 g/mol. The molecule has 8 aromatic carbocycles. The van der Waals surface area contributed by atoms with Crippen LogP contribution in [0.3, 0.4) is 0 Å². The van der Waals surface area contributed by atoms with Crippen LogP contribution in [0.1, 0.15) is 35.1 Å². The quantitative estimate of drug-likeness (QED) is 0.0670. The predicted molar refractivity (Wildman–Crippen MR) is 238 cm³/mol. The lowest BCUT2D eigenvalue weighted by Gasteiger charge is -2.42. The Balaban J connectivity index is 1.23. The number of rotatable bonds is 13. The molecule has 0 fully saturated rings. The van der Waals surface area contributed by atoms with Gasteiger partial charge in [-0.15, -0.1) is 0 Å². The highest BCUT2D eigenvalue weighted by Gasteiger charge is 2.42. The van der Waals surface area contributed by atoms with Gasteiger partial charge in [-0.05, 0) is 174 Å². The SMILES string of the molecule is CC(c1ccc(Oc2ccc(N)cc2)cc1)C(c1ccc(Oc2ccc(N)cc2)cc1)(c1ccc(Oc2ccc(N)cc2)cc1)c1ccc(Oc2ccc(N)cc2)cc1. The van der Waals surface area contributed by atoms with Gasteiger partial charge in [0.25, 0.3) is 0 Å². The number of nitrogen functional groups attached to an aromatic ring is 4. The van der Waals surface area contributed by atoms with Gasteiger partial charge in [-0.25, -0.2) is 0 Å². The molecule has 0 spiro atoms. The Hall–Kier alpha value is -7.84. The zero-order valence-electron chi connectivity index (χ0n) is 32.5. The lowest BCUT2D eigenvalue weighted by atomic mass is 9.60. The summed E-state index contributed by atoms with van der Waals surface area (Å²) in [5, 5.41) is 0. The summed E-state index contributed by atoms with van der Waals surface area (Å²) >= 11 is 0. The standard InChI is InChI=1S/C51H44N4O4/c1-34(35-2-18-43(19-3-35)56-47-26-10-39(52)11-27-47)51(36-4-20-44(21-5-36)57-48-28-12-40(53)13-29-48,37-6-22-45(23-7-37)58-49-30-14-41(54)15-31-49)38-8-24-46(25-9-38)59-50-32-16-42(55)17-33-50/h2-34H,52-55H2,1H3. The summed E-state index contributed by atoms with van der Waals surface area (Å²) in [7, 11) is 0. The monoisotopic (exact) mass is 776 g/mol. The van der Waals surface area contributed by atoms with Crippen LogP contribution in [0.25, 0.3) is 0 Å². The number of ether oxygens (including phenoxy) is 4. The van der Waals surface area contributed by atoms with E-state index < -0.39 is 5.41 Å². The van der Waals surface area contributed by atoms with Crippen LogP contribution in [0, 0.1) is 0 Å². The van der Waals surface area contributed by atoms with Crippen molar-refractivity contribution < 1.29 is 18.9 Å². The van der Waals surface area contributed by atoms with Crippen LogP contribution in [0.15, 0.2) is 194 Å². The maximum atomic E-state index is 6.26. The highest BCUT2D eigenvalue weighted by Crippen LogP contribution is 2.51. The molecule has 8 nitrogen and oxygen atoms in total. The van der Waals surface area contributed by atoms with Gasteiger partial charge in [0, 0.05) is 22.7 Å². The minimum Gasteiger partial charge on any atom is -0.457 e. The van der Waals surface area contributed by atoms with Gasteiger partial charge in [0.2, 0.25) is 0 Å². The third-order valence-corrected chi connectivity index (χ3v) is 10.4. The van der Waals surface area contributed by atoms with E-state index in [0.29, 0.717) is 68.7 Å². The van der Waals surface area contributed by atoms with Crippen LogP contribution < -0.4 is 41.9 Å². The molecule has 0 amide bonds. The van der Waals surface area contributed by atoms with Gasteiger partial charge >= 0.3 is 0 Å². The molecule has 8 heteroatoms. The average Bonchev–Trinajstić information content (AvgIpc) is 3.26. The van der Waals surface area contributed by atoms with Crippen LogP contribution in [-0.4, -0.2) is 0 Å². The molecule has 8 N–H and O–H groups in total. The van der Waals surface area contributed by atoms with Crippen molar-refractivity contribution in [2.75, 3.05) is 22.9 Å². The van der Waals surface area contributed by atoms with Gasteiger partial charge in [0.1, 0.15) is 46.0 Å². The van der Waals surface area contributed by atoms with E-state index in [9.17, 15) is 0 Å². The Kier molecular flexibility index (Phi) is 10.8. The largest absolute Gasteiger partial charge is 0.457 e. The highest BCUT2D eigenvalue weighted by atomic mass is 16.5. The van der Waals surface area contributed by atoms with E-state index in [-0.39, 0.29) is 5.92 Å². The molecule has 1 atom stereocenters. The molecule has 0 aliphatic heterocycles. The number of anilines is 4. The Morgan fingerprint density at radius 2 is 0.475 bits per heavy atom. The van der Waals surface area contributed by atoms with E-state index in [1.807, 2.05) is 146 Å². The molecule has 292 valence electrons. The Morgan fingerprint density at radius 1 is 0.288 bits per heavy atom. The van der Waals surface area contributed by atoms with Crippen molar-refractivity contribution in [2.24, 2.45) is 0 Å². The molecule has 1 unspecified atom stereocenters. The molecule has 0 saturated carbocycles. The summed E-state index contributed by atoms with van der Waals surface area (Å²) in [5.74, 6) is 5.48. The second kappa shape index (κ2) is 16.7. The molecule has 59 heavy (non-hydrogen) atoms. The van der Waals surface area contributed by atoms with E-state index in [4.69, 9.17) is 41.9 Å². The van der Waals surface area contributed by atoms with E-state index >= 15 is 0 Å². The first-order valence-electron chi connectivity index (χ1n) is 19.3. The molecule has 8 rings (SSSR count). The van der Waals surface area contributed by atoms with Crippen molar-refractivity contribution >= 4 is 22.7 Å². The number of nitrogens with two attached hydrogens (primary N) is 4. The van der Waals surface area contributed by atoms with Gasteiger partial charge in [-0.2, -0.15) is 0 Å². The summed E-state index contributed by atoms with van der Waals surface area (Å²) in [4.78, 5) is 0. The van der Waals surface area contributed by atoms with Gasteiger partial charge in [0.15, 0.2) is 0 Å². The van der Waals surface area contributed by atoms with Crippen molar-refractivity contribution in [3.63, 3.8) is 0 Å². The van der Waals surface area contributed by atoms with Crippen molar-refractivity contribution in [1.82, 2.24) is 0 Å². The normalized spacial score (nSPS) is 11.7. The van der Waals surface area contributed by atoms with Crippen molar-refractivity contribution in [1.29, 1.82) is 0 Å². The summed E-state index contributed by atoms with van der Waals surface area (Å²) < 4.78 is 25.0. The molecule has 0 aromatic heterocycles. The predicted octanol–water partition coefficient (Wildman–Crippen LogP) is 12.3. The number of hydrogen-bond donors (Lipinski definition) is 4. The van der Waals surface area contributed by atoms with Gasteiger partial charge in [0.05, 0.1) is 5.41 Å². The fraction of sp³-hybridized carbons (Fsp3) is 0.0588. The zero-order valence-corrected chi connectivity index (χ0v) is 32.5. The molecule has 0 aliphatic carbocycles. The van der Waals surface area contributed by atoms with E-state index in [1.54, 1.807) is 0 Å². The van der Waals surface area contributed by atoms with Crippen molar-refractivity contribution in [2.45, 2.75) is 18.3 Å². The maximum absolute atomic E-state index is 6.26. The van der Waals surface area contributed by atoms with Gasteiger partial charge < -0.3 is 41.9 Å². The molecule has 0 saturated heterocycles. The van der Waals surface area contributed by atoms with Crippen LogP contribution in [0.2, 0.25) is 0 Å². The van der Waals surface area contributed by atoms with Gasteiger partial charge in [-0.3, -0.25) is 0 Å². The second-order valence-corrected chi connectivity index (χ2v) is 14.4. The Labute approximate surface area is 344 Å². The summed E-state index contributed by atoms with van der Waals surface area (Å²) in [6, 6.07) is 62.6. The zero-order chi connectivity index (χ0) is 40.8. The highest BCUT2D eigenvalue weighted by molar-refractivity contribution is 5.58. The summed E-state index contributed by atoms with van der Waals surface area (Å²) in [6.45, 7) is 2.26. The summed E-state index contributed by atoms with van der Waals surface area (Å²) in [6.07, 6.45) is 0. The molecule has 0 bridgehead atoms. The second-order valence-electron chi connectivity index (χ2n) is 14.4. The van der Waals surface area contributed by atoms with E-state index in [1.165, 1.54) is 0 Å². The molecule has 0 radical (unpaired) electrons. The average molecular weight is 777 g/mol. The molecule has 0 heterocycles. The summed E-state index contributed by atoms with van der Waals surface area (Å²) in [5.41, 5.74) is 29.9. The first kappa shape index (κ1) is 38.1. The number of hydrogen-bond acceptors (Lipinski definition) is 8. The first-order chi connectivity index (χ1) is 28.7. The fourth-order valence-corrected chi connectivity index (χ4v) is 7.37. The minimum atomic E-state index is -0.738. The van der Waals surface area contributed by atoms with Gasteiger partial charge in [-0.1, -0.05) is 55.5 Å². The third-order valence-electron chi connectivity index (χ3n) is 10.4. The Bertz CT molecular complexity index is 2380. The van der Waals surface area contributed by atoms with Crippen LogP contribution >= 0.6 is 0 Å². The van der Waals surface area contributed by atoms with E-state index in [0.717, 1.165) is 22.3 Å².